The lowest BCUT2D eigenvalue weighted by molar-refractivity contribution is 0.413. The van der Waals surface area contributed by atoms with Gasteiger partial charge in [0.2, 0.25) is 0 Å². The lowest BCUT2D eigenvalue weighted by Crippen LogP contribution is -1.94. The fraction of sp³-hybridized carbons (Fsp3) is 0.273. The monoisotopic (exact) mass is 218 g/mol. The van der Waals surface area contributed by atoms with Crippen molar-refractivity contribution in [1.82, 2.24) is 14.8 Å². The predicted molar refractivity (Wildman–Crippen MR) is 62.0 cm³/mol. The second-order valence-corrected chi connectivity index (χ2v) is 3.51. The first-order valence-corrected chi connectivity index (χ1v) is 4.96. The van der Waals surface area contributed by atoms with E-state index in [4.69, 9.17) is 4.74 Å². The van der Waals surface area contributed by atoms with Crippen molar-refractivity contribution < 1.29 is 4.74 Å². The molecule has 0 atom stereocenters. The molecule has 2 heterocycles. The number of aromatic nitrogens is 3. The van der Waals surface area contributed by atoms with Gasteiger partial charge in [-0.25, -0.2) is 4.98 Å². The van der Waals surface area contributed by atoms with E-state index in [1.807, 2.05) is 32.3 Å². The minimum absolute atomic E-state index is 0.744. The summed E-state index contributed by atoms with van der Waals surface area (Å²) >= 11 is 0. The van der Waals surface area contributed by atoms with Gasteiger partial charge in [0.15, 0.2) is 0 Å². The molecular formula is C11H14N4O. The Bertz CT molecular complexity index is 475. The fourth-order valence-corrected chi connectivity index (χ4v) is 1.44. The molecule has 5 heteroatoms. The molecule has 0 aliphatic heterocycles. The third-order valence-electron chi connectivity index (χ3n) is 2.25. The van der Waals surface area contributed by atoms with Crippen molar-refractivity contribution in [3.8, 4) is 5.75 Å². The normalized spacial score (nSPS) is 10.2. The fourth-order valence-electron chi connectivity index (χ4n) is 1.44. The van der Waals surface area contributed by atoms with Gasteiger partial charge in [-0.2, -0.15) is 5.10 Å². The molecule has 0 fully saturated rings. The second-order valence-electron chi connectivity index (χ2n) is 3.51. The Morgan fingerprint density at radius 1 is 1.38 bits per heavy atom. The summed E-state index contributed by atoms with van der Waals surface area (Å²) in [4.78, 5) is 4.22. The Kier molecular flexibility index (Phi) is 2.76. The number of methoxy groups -OCH3 is 1. The number of aryl methyl sites for hydroxylation is 2. The van der Waals surface area contributed by atoms with E-state index in [1.165, 1.54) is 0 Å². The van der Waals surface area contributed by atoms with E-state index in [0.717, 1.165) is 22.9 Å². The number of pyridine rings is 1. The van der Waals surface area contributed by atoms with Crippen LogP contribution in [0.5, 0.6) is 5.75 Å². The molecule has 0 saturated carbocycles. The molecule has 2 aromatic heterocycles. The lowest BCUT2D eigenvalue weighted by Gasteiger charge is -2.04. The minimum Gasteiger partial charge on any atom is -0.495 e. The van der Waals surface area contributed by atoms with Gasteiger partial charge >= 0.3 is 0 Å². The standard InChI is InChI=1S/C11H14N4O/c1-8-10(7-15(2)14-8)13-11-5-4-9(16-3)6-12-11/h4-7H,1-3H3,(H,12,13). The lowest BCUT2D eigenvalue weighted by atomic mass is 10.4. The van der Waals surface area contributed by atoms with Crippen LogP contribution in [0.2, 0.25) is 0 Å². The van der Waals surface area contributed by atoms with Gasteiger partial charge in [0.25, 0.3) is 0 Å². The first-order chi connectivity index (χ1) is 7.69. The van der Waals surface area contributed by atoms with Crippen molar-refractivity contribution >= 4 is 11.5 Å². The van der Waals surface area contributed by atoms with E-state index in [2.05, 4.69) is 15.4 Å². The number of ether oxygens (including phenoxy) is 1. The molecule has 0 amide bonds. The molecule has 1 N–H and O–H groups in total. The molecule has 16 heavy (non-hydrogen) atoms. The van der Waals surface area contributed by atoms with Crippen LogP contribution in [-0.4, -0.2) is 21.9 Å². The SMILES string of the molecule is COc1ccc(Nc2cn(C)nc2C)nc1. The van der Waals surface area contributed by atoms with Gasteiger partial charge < -0.3 is 10.1 Å². The van der Waals surface area contributed by atoms with Crippen LogP contribution in [0.15, 0.2) is 24.5 Å². The van der Waals surface area contributed by atoms with Crippen LogP contribution in [0, 0.1) is 6.92 Å². The number of anilines is 2. The van der Waals surface area contributed by atoms with E-state index < -0.39 is 0 Å². The third-order valence-corrected chi connectivity index (χ3v) is 2.25. The molecule has 2 rings (SSSR count). The number of nitrogens with one attached hydrogen (secondary N) is 1. The van der Waals surface area contributed by atoms with Crippen LogP contribution in [0.25, 0.3) is 0 Å². The molecule has 0 radical (unpaired) electrons. The molecule has 0 aliphatic carbocycles. The highest BCUT2D eigenvalue weighted by atomic mass is 16.5. The summed E-state index contributed by atoms with van der Waals surface area (Å²) in [6.07, 6.45) is 3.59. The van der Waals surface area contributed by atoms with E-state index in [-0.39, 0.29) is 0 Å². The summed E-state index contributed by atoms with van der Waals surface area (Å²) in [7, 11) is 3.51. The van der Waals surface area contributed by atoms with Crippen molar-refractivity contribution in [3.63, 3.8) is 0 Å². The van der Waals surface area contributed by atoms with Gasteiger partial charge in [0.1, 0.15) is 11.6 Å². The average Bonchev–Trinajstić information content (AvgIpc) is 2.59. The highest BCUT2D eigenvalue weighted by Crippen LogP contribution is 2.18. The van der Waals surface area contributed by atoms with Gasteiger partial charge in [-0.15, -0.1) is 0 Å². The number of nitrogens with zero attached hydrogens (tertiary/aromatic N) is 3. The van der Waals surface area contributed by atoms with Crippen LogP contribution in [-0.2, 0) is 7.05 Å². The smallest absolute Gasteiger partial charge is 0.137 e. The van der Waals surface area contributed by atoms with Crippen molar-refractivity contribution in [2.75, 3.05) is 12.4 Å². The average molecular weight is 218 g/mol. The summed E-state index contributed by atoms with van der Waals surface area (Å²) in [6, 6.07) is 3.73. The highest BCUT2D eigenvalue weighted by Gasteiger charge is 2.03. The van der Waals surface area contributed by atoms with Gasteiger partial charge in [0, 0.05) is 13.2 Å². The number of hydrogen-bond donors (Lipinski definition) is 1. The van der Waals surface area contributed by atoms with Crippen LogP contribution in [0.3, 0.4) is 0 Å². The Morgan fingerprint density at radius 3 is 2.69 bits per heavy atom. The van der Waals surface area contributed by atoms with Crippen molar-refractivity contribution in [2.45, 2.75) is 6.92 Å². The topological polar surface area (TPSA) is 52.0 Å². The maximum Gasteiger partial charge on any atom is 0.137 e. The van der Waals surface area contributed by atoms with E-state index in [0.29, 0.717) is 0 Å². The number of rotatable bonds is 3. The summed E-state index contributed by atoms with van der Waals surface area (Å²) in [5, 5.41) is 7.44. The molecule has 2 aromatic rings. The molecule has 5 nitrogen and oxygen atoms in total. The van der Waals surface area contributed by atoms with Crippen molar-refractivity contribution in [2.24, 2.45) is 7.05 Å². The Labute approximate surface area is 94.1 Å². The molecular weight excluding hydrogens is 204 g/mol. The van der Waals surface area contributed by atoms with Crippen molar-refractivity contribution in [3.05, 3.63) is 30.2 Å². The van der Waals surface area contributed by atoms with Crippen LogP contribution < -0.4 is 10.1 Å². The summed E-state index contributed by atoms with van der Waals surface area (Å²) in [5.41, 5.74) is 1.90. The summed E-state index contributed by atoms with van der Waals surface area (Å²) in [5.74, 6) is 1.52. The van der Waals surface area contributed by atoms with E-state index in [9.17, 15) is 0 Å². The zero-order valence-corrected chi connectivity index (χ0v) is 9.56. The molecule has 84 valence electrons. The van der Waals surface area contributed by atoms with Crippen molar-refractivity contribution in [1.29, 1.82) is 0 Å². The molecule has 0 spiro atoms. The maximum atomic E-state index is 5.04. The predicted octanol–water partition coefficient (Wildman–Crippen LogP) is 1.88. The molecule has 0 saturated heterocycles. The molecule has 0 aromatic carbocycles. The van der Waals surface area contributed by atoms with Gasteiger partial charge in [-0.05, 0) is 19.1 Å². The van der Waals surface area contributed by atoms with Gasteiger partial charge in [-0.1, -0.05) is 0 Å². The first kappa shape index (κ1) is 10.5. The quantitative estimate of drug-likeness (QED) is 0.854. The van der Waals surface area contributed by atoms with Crippen LogP contribution in [0.4, 0.5) is 11.5 Å². The van der Waals surface area contributed by atoms with E-state index in [1.54, 1.807) is 18.0 Å². The minimum atomic E-state index is 0.744. The van der Waals surface area contributed by atoms with Gasteiger partial charge in [-0.3, -0.25) is 4.68 Å². The summed E-state index contributed by atoms with van der Waals surface area (Å²) < 4.78 is 6.81. The Balaban J connectivity index is 2.17. The van der Waals surface area contributed by atoms with Crippen LogP contribution in [0.1, 0.15) is 5.69 Å². The zero-order valence-electron chi connectivity index (χ0n) is 9.56. The van der Waals surface area contributed by atoms with Gasteiger partial charge in [0.05, 0.1) is 24.7 Å². The second kappa shape index (κ2) is 4.22. The van der Waals surface area contributed by atoms with E-state index >= 15 is 0 Å². The summed E-state index contributed by atoms with van der Waals surface area (Å²) in [6.45, 7) is 1.95. The molecule has 0 aliphatic rings. The number of hydrogen-bond acceptors (Lipinski definition) is 4. The molecule has 0 bridgehead atoms. The third kappa shape index (κ3) is 2.13. The Hall–Kier alpha value is -2.04. The largest absolute Gasteiger partial charge is 0.495 e. The first-order valence-electron chi connectivity index (χ1n) is 4.96. The maximum absolute atomic E-state index is 5.04. The zero-order chi connectivity index (χ0) is 11.5. The molecule has 0 unspecified atom stereocenters. The van der Waals surface area contributed by atoms with Crippen LogP contribution >= 0.6 is 0 Å². The highest BCUT2D eigenvalue weighted by molar-refractivity contribution is 5.57. The Morgan fingerprint density at radius 2 is 2.19 bits per heavy atom.